The van der Waals surface area contributed by atoms with Crippen molar-refractivity contribution < 1.29 is 0 Å². The SMILES string of the molecule is c1ccc(Cn2cc(-n3ncc4c3C3CC(C4)C3)cn2)cc1. The monoisotopic (exact) mass is 290 g/mol. The molecule has 0 unspecified atom stereocenters. The molecule has 110 valence electrons. The molecule has 22 heavy (non-hydrogen) atoms. The molecule has 0 saturated heterocycles. The van der Waals surface area contributed by atoms with Crippen LogP contribution in [-0.4, -0.2) is 19.6 Å². The minimum absolute atomic E-state index is 0.716. The normalized spacial score (nSPS) is 22.2. The van der Waals surface area contributed by atoms with Crippen LogP contribution in [0, 0.1) is 5.92 Å². The fourth-order valence-corrected chi connectivity index (χ4v) is 3.95. The Morgan fingerprint density at radius 2 is 1.91 bits per heavy atom. The van der Waals surface area contributed by atoms with Gasteiger partial charge in [0.25, 0.3) is 0 Å². The van der Waals surface area contributed by atoms with E-state index in [-0.39, 0.29) is 0 Å². The van der Waals surface area contributed by atoms with Gasteiger partial charge in [-0.25, -0.2) is 4.68 Å². The van der Waals surface area contributed by atoms with Crippen molar-refractivity contribution in [2.24, 2.45) is 5.92 Å². The number of aromatic nitrogens is 4. The van der Waals surface area contributed by atoms with E-state index in [2.05, 4.69) is 51.5 Å². The smallest absolute Gasteiger partial charge is 0.103 e. The molecule has 0 aliphatic heterocycles. The molecule has 6 rings (SSSR count). The van der Waals surface area contributed by atoms with Crippen molar-refractivity contribution in [1.82, 2.24) is 19.6 Å². The second-order valence-corrected chi connectivity index (χ2v) is 6.59. The molecule has 0 atom stereocenters. The average molecular weight is 290 g/mol. The maximum atomic E-state index is 4.63. The predicted molar refractivity (Wildman–Crippen MR) is 84.1 cm³/mol. The van der Waals surface area contributed by atoms with E-state index in [9.17, 15) is 0 Å². The average Bonchev–Trinajstić information content (AvgIpc) is 3.13. The van der Waals surface area contributed by atoms with Crippen LogP contribution in [0.15, 0.2) is 48.9 Å². The summed E-state index contributed by atoms with van der Waals surface area (Å²) in [6.45, 7) is 0.801. The fourth-order valence-electron chi connectivity index (χ4n) is 3.95. The molecule has 1 fully saturated rings. The van der Waals surface area contributed by atoms with Crippen LogP contribution in [0.4, 0.5) is 0 Å². The Balaban J connectivity index is 1.46. The zero-order chi connectivity index (χ0) is 14.5. The van der Waals surface area contributed by atoms with Crippen LogP contribution in [0.3, 0.4) is 0 Å². The van der Waals surface area contributed by atoms with Crippen LogP contribution >= 0.6 is 0 Å². The van der Waals surface area contributed by atoms with Crippen LogP contribution in [0.1, 0.15) is 35.6 Å². The molecule has 1 aromatic carbocycles. The quantitative estimate of drug-likeness (QED) is 0.743. The van der Waals surface area contributed by atoms with Gasteiger partial charge in [0.15, 0.2) is 0 Å². The number of rotatable bonds is 3. The van der Waals surface area contributed by atoms with Crippen molar-refractivity contribution in [3.05, 3.63) is 65.7 Å². The van der Waals surface area contributed by atoms with E-state index in [4.69, 9.17) is 0 Å². The minimum atomic E-state index is 0.716. The van der Waals surface area contributed by atoms with Gasteiger partial charge in [0.1, 0.15) is 5.69 Å². The first kappa shape index (κ1) is 12.2. The van der Waals surface area contributed by atoms with E-state index in [1.807, 2.05) is 16.9 Å². The molecule has 0 amide bonds. The highest BCUT2D eigenvalue weighted by Gasteiger charge is 2.40. The Bertz CT molecular complexity index is 809. The van der Waals surface area contributed by atoms with Crippen LogP contribution in [0.5, 0.6) is 0 Å². The summed E-state index contributed by atoms with van der Waals surface area (Å²) in [5.41, 5.74) is 5.23. The zero-order valence-electron chi connectivity index (χ0n) is 12.4. The van der Waals surface area contributed by atoms with Gasteiger partial charge in [-0.15, -0.1) is 0 Å². The lowest BCUT2D eigenvalue weighted by Gasteiger charge is -2.41. The summed E-state index contributed by atoms with van der Waals surface area (Å²) in [6.07, 6.45) is 9.99. The molecule has 0 N–H and O–H groups in total. The first-order valence-electron chi connectivity index (χ1n) is 8.00. The molecule has 1 saturated carbocycles. The number of hydrogen-bond donors (Lipinski definition) is 0. The summed E-state index contributed by atoms with van der Waals surface area (Å²) in [7, 11) is 0. The molecule has 4 nitrogen and oxygen atoms in total. The van der Waals surface area contributed by atoms with Crippen molar-refractivity contribution in [3.8, 4) is 5.69 Å². The lowest BCUT2D eigenvalue weighted by atomic mass is 9.65. The Morgan fingerprint density at radius 1 is 1.05 bits per heavy atom. The first-order valence-corrected chi connectivity index (χ1v) is 8.00. The van der Waals surface area contributed by atoms with Gasteiger partial charge in [0.05, 0.1) is 30.8 Å². The predicted octanol–water partition coefficient (Wildman–Crippen LogP) is 3.17. The Kier molecular flexibility index (Phi) is 2.53. The molecular weight excluding hydrogens is 272 g/mol. The van der Waals surface area contributed by atoms with Gasteiger partial charge in [-0.3, -0.25) is 4.68 Å². The third-order valence-electron chi connectivity index (χ3n) is 5.07. The third kappa shape index (κ3) is 1.83. The van der Waals surface area contributed by atoms with Gasteiger partial charge < -0.3 is 0 Å². The van der Waals surface area contributed by atoms with E-state index >= 15 is 0 Å². The van der Waals surface area contributed by atoms with Gasteiger partial charge in [-0.1, -0.05) is 30.3 Å². The van der Waals surface area contributed by atoms with Crippen molar-refractivity contribution in [2.45, 2.75) is 31.7 Å². The molecule has 3 aliphatic carbocycles. The molecule has 3 aliphatic rings. The number of benzene rings is 1. The Morgan fingerprint density at radius 3 is 2.77 bits per heavy atom. The van der Waals surface area contributed by atoms with Crippen LogP contribution in [-0.2, 0) is 13.0 Å². The summed E-state index contributed by atoms with van der Waals surface area (Å²) < 4.78 is 4.11. The maximum absolute atomic E-state index is 4.63. The van der Waals surface area contributed by atoms with Gasteiger partial charge in [-0.2, -0.15) is 10.2 Å². The lowest BCUT2D eigenvalue weighted by molar-refractivity contribution is 0.230. The molecule has 2 aromatic heterocycles. The Labute approximate surface area is 129 Å². The summed E-state index contributed by atoms with van der Waals surface area (Å²) >= 11 is 0. The molecule has 4 heteroatoms. The van der Waals surface area contributed by atoms with E-state index in [0.717, 1.165) is 18.2 Å². The van der Waals surface area contributed by atoms with E-state index in [1.165, 1.54) is 36.1 Å². The molecule has 0 radical (unpaired) electrons. The van der Waals surface area contributed by atoms with Crippen LogP contribution in [0.2, 0.25) is 0 Å². The first-order chi connectivity index (χ1) is 10.9. The molecule has 2 bridgehead atoms. The highest BCUT2D eigenvalue weighted by Crippen LogP contribution is 2.49. The zero-order valence-corrected chi connectivity index (χ0v) is 12.4. The van der Waals surface area contributed by atoms with Gasteiger partial charge in [0, 0.05) is 5.92 Å². The van der Waals surface area contributed by atoms with Gasteiger partial charge >= 0.3 is 0 Å². The molecule has 0 spiro atoms. The standard InChI is InChI=1S/C18H18N4/c1-2-4-13(5-3-1)11-21-12-17(10-19-21)22-18-15-6-14(7-15)8-16(18)9-20-22/h1-5,9-10,12,14-15H,6-8,11H2. The summed E-state index contributed by atoms with van der Waals surface area (Å²) in [6, 6.07) is 10.4. The van der Waals surface area contributed by atoms with Crippen LogP contribution in [0.25, 0.3) is 5.69 Å². The summed E-state index contributed by atoms with van der Waals surface area (Å²) in [5, 5.41) is 9.14. The van der Waals surface area contributed by atoms with Gasteiger partial charge in [0.2, 0.25) is 0 Å². The maximum Gasteiger partial charge on any atom is 0.103 e. The number of nitrogens with zero attached hydrogens (tertiary/aromatic N) is 4. The minimum Gasteiger partial charge on any atom is -0.266 e. The highest BCUT2D eigenvalue weighted by molar-refractivity contribution is 5.37. The second-order valence-electron chi connectivity index (χ2n) is 6.59. The molecule has 3 aromatic rings. The second kappa shape index (κ2) is 4.57. The summed E-state index contributed by atoms with van der Waals surface area (Å²) in [4.78, 5) is 0. The van der Waals surface area contributed by atoms with Crippen molar-refractivity contribution in [3.63, 3.8) is 0 Å². The molecular formula is C18H18N4. The van der Waals surface area contributed by atoms with Crippen molar-refractivity contribution >= 4 is 0 Å². The largest absolute Gasteiger partial charge is 0.266 e. The van der Waals surface area contributed by atoms with E-state index in [0.29, 0.717) is 5.92 Å². The molecule has 2 heterocycles. The van der Waals surface area contributed by atoms with Crippen molar-refractivity contribution in [1.29, 1.82) is 0 Å². The lowest BCUT2D eigenvalue weighted by Crippen LogP contribution is -2.31. The van der Waals surface area contributed by atoms with E-state index in [1.54, 1.807) is 0 Å². The topological polar surface area (TPSA) is 35.6 Å². The van der Waals surface area contributed by atoms with E-state index < -0.39 is 0 Å². The third-order valence-corrected chi connectivity index (χ3v) is 5.07. The summed E-state index contributed by atoms with van der Waals surface area (Å²) in [5.74, 6) is 1.63. The van der Waals surface area contributed by atoms with Crippen molar-refractivity contribution in [2.75, 3.05) is 0 Å². The van der Waals surface area contributed by atoms with Crippen LogP contribution < -0.4 is 0 Å². The van der Waals surface area contributed by atoms with Gasteiger partial charge in [-0.05, 0) is 36.3 Å². The Hall–Kier alpha value is -2.36. The fraction of sp³-hybridized carbons (Fsp3) is 0.333. The highest BCUT2D eigenvalue weighted by atomic mass is 15.3. The number of hydrogen-bond acceptors (Lipinski definition) is 2.